The Labute approximate surface area is 162 Å². The quantitative estimate of drug-likeness (QED) is 0.638. The van der Waals surface area contributed by atoms with Crippen molar-refractivity contribution in [1.82, 2.24) is 18.7 Å². The number of imidazole rings is 1. The van der Waals surface area contributed by atoms with Crippen LogP contribution in [0.1, 0.15) is 31.3 Å². The van der Waals surface area contributed by atoms with Crippen LogP contribution in [0.15, 0.2) is 39.9 Å². The Bertz CT molecular complexity index is 1140. The molecule has 0 amide bonds. The summed E-state index contributed by atoms with van der Waals surface area (Å²) in [5.41, 5.74) is 0.906. The van der Waals surface area contributed by atoms with Gasteiger partial charge in [0, 0.05) is 19.7 Å². The van der Waals surface area contributed by atoms with E-state index in [4.69, 9.17) is 0 Å². The van der Waals surface area contributed by atoms with E-state index in [1.165, 1.54) is 24.1 Å². The maximum Gasteiger partial charge on any atom is 0.332 e. The lowest BCUT2D eigenvalue weighted by Crippen LogP contribution is -3.06. The third kappa shape index (κ3) is 3.43. The van der Waals surface area contributed by atoms with E-state index in [9.17, 15) is 14.4 Å². The molecule has 0 bridgehead atoms. The van der Waals surface area contributed by atoms with Crippen LogP contribution >= 0.6 is 0 Å². The van der Waals surface area contributed by atoms with Crippen molar-refractivity contribution in [2.24, 2.45) is 14.1 Å². The van der Waals surface area contributed by atoms with Crippen LogP contribution in [0, 0.1) is 0 Å². The number of nitrogens with one attached hydrogen (secondary N) is 1. The minimum atomic E-state index is -0.547. The van der Waals surface area contributed by atoms with Crippen molar-refractivity contribution in [3.63, 3.8) is 0 Å². The summed E-state index contributed by atoms with van der Waals surface area (Å²) in [6.07, 6.45) is 0. The number of quaternary nitrogens is 1. The van der Waals surface area contributed by atoms with Gasteiger partial charge in [-0.2, -0.15) is 0 Å². The zero-order valence-corrected chi connectivity index (χ0v) is 16.9. The summed E-state index contributed by atoms with van der Waals surface area (Å²) >= 11 is 0. The number of fused-ring (bicyclic) bond motifs is 1. The maximum absolute atomic E-state index is 12.8. The summed E-state index contributed by atoms with van der Waals surface area (Å²) in [6.45, 7) is 4.53. The summed E-state index contributed by atoms with van der Waals surface area (Å²) in [4.78, 5) is 43.0. The van der Waals surface area contributed by atoms with Crippen molar-refractivity contribution in [3.8, 4) is 0 Å². The first-order chi connectivity index (χ1) is 13.2. The Kier molecular flexibility index (Phi) is 5.33. The Balaban J connectivity index is 2.13. The SMILES string of the molecule is CC(=O)[C@H](C)n1c(C[NH+](C)Cc2ccccc2)nc2c1c(=O)n(C)c(=O)n2C. The molecule has 0 fully saturated rings. The number of benzene rings is 1. The number of hydrogen-bond donors (Lipinski definition) is 1. The summed E-state index contributed by atoms with van der Waals surface area (Å²) in [6, 6.07) is 9.54. The Morgan fingerprint density at radius 3 is 2.36 bits per heavy atom. The molecule has 2 heterocycles. The van der Waals surface area contributed by atoms with Crippen molar-refractivity contribution >= 4 is 16.9 Å². The molecule has 1 unspecified atom stereocenters. The fourth-order valence-corrected chi connectivity index (χ4v) is 3.46. The number of ketones is 1. The zero-order chi connectivity index (χ0) is 20.6. The summed E-state index contributed by atoms with van der Waals surface area (Å²) in [5, 5.41) is 0. The number of nitrogens with zero attached hydrogens (tertiary/aromatic N) is 4. The molecule has 3 rings (SSSR count). The second kappa shape index (κ2) is 7.55. The number of aryl methyl sites for hydroxylation is 1. The van der Waals surface area contributed by atoms with Crippen LogP contribution in [0.25, 0.3) is 11.2 Å². The van der Waals surface area contributed by atoms with Gasteiger partial charge in [0.2, 0.25) is 0 Å². The topological polar surface area (TPSA) is 83.3 Å². The minimum absolute atomic E-state index is 0.0721. The van der Waals surface area contributed by atoms with Crippen LogP contribution < -0.4 is 16.1 Å². The van der Waals surface area contributed by atoms with Crippen LogP contribution in [0.2, 0.25) is 0 Å². The van der Waals surface area contributed by atoms with E-state index < -0.39 is 17.3 Å². The molecule has 0 aliphatic carbocycles. The van der Waals surface area contributed by atoms with Gasteiger partial charge >= 0.3 is 5.69 Å². The number of carbonyl (C=O) groups is 1. The number of rotatable bonds is 6. The third-order valence-corrected chi connectivity index (χ3v) is 5.15. The number of carbonyl (C=O) groups excluding carboxylic acids is 1. The second-order valence-corrected chi connectivity index (χ2v) is 7.36. The minimum Gasteiger partial charge on any atom is -0.327 e. The van der Waals surface area contributed by atoms with Crippen LogP contribution in [0.5, 0.6) is 0 Å². The molecule has 28 heavy (non-hydrogen) atoms. The monoisotopic (exact) mass is 384 g/mol. The van der Waals surface area contributed by atoms with E-state index in [0.29, 0.717) is 18.0 Å². The number of hydrogen-bond acceptors (Lipinski definition) is 4. The molecular weight excluding hydrogens is 358 g/mol. The molecular formula is C20H26N5O3+. The molecule has 2 aromatic heterocycles. The lowest BCUT2D eigenvalue weighted by molar-refractivity contribution is -0.908. The Morgan fingerprint density at radius 2 is 1.75 bits per heavy atom. The van der Waals surface area contributed by atoms with Crippen LogP contribution in [0.3, 0.4) is 0 Å². The normalized spacial score (nSPS) is 13.6. The van der Waals surface area contributed by atoms with Gasteiger partial charge in [0.05, 0.1) is 13.1 Å². The fourth-order valence-electron chi connectivity index (χ4n) is 3.46. The van der Waals surface area contributed by atoms with Crippen molar-refractivity contribution in [1.29, 1.82) is 0 Å². The first-order valence-electron chi connectivity index (χ1n) is 9.24. The predicted molar refractivity (Wildman–Crippen MR) is 106 cm³/mol. The highest BCUT2D eigenvalue weighted by molar-refractivity contribution is 5.82. The van der Waals surface area contributed by atoms with E-state index in [2.05, 4.69) is 17.1 Å². The van der Waals surface area contributed by atoms with Gasteiger partial charge in [0.15, 0.2) is 22.8 Å². The molecule has 8 heteroatoms. The molecule has 2 atom stereocenters. The lowest BCUT2D eigenvalue weighted by Gasteiger charge is -2.18. The van der Waals surface area contributed by atoms with Gasteiger partial charge in [0.1, 0.15) is 13.1 Å². The number of aromatic nitrogens is 4. The molecule has 1 aromatic carbocycles. The molecule has 0 radical (unpaired) electrons. The van der Waals surface area contributed by atoms with Crippen LogP contribution in [-0.4, -0.2) is 31.5 Å². The van der Waals surface area contributed by atoms with Crippen molar-refractivity contribution in [2.45, 2.75) is 33.0 Å². The molecule has 0 spiro atoms. The summed E-state index contributed by atoms with van der Waals surface area (Å²) in [7, 11) is 5.06. The molecule has 3 aromatic rings. The summed E-state index contributed by atoms with van der Waals surface area (Å²) in [5.74, 6) is 0.543. The zero-order valence-electron chi connectivity index (χ0n) is 16.9. The van der Waals surface area contributed by atoms with Crippen LogP contribution in [-0.2, 0) is 32.0 Å². The van der Waals surface area contributed by atoms with Gasteiger partial charge in [-0.05, 0) is 13.8 Å². The molecule has 0 aliphatic heterocycles. The maximum atomic E-state index is 12.8. The first kappa shape index (κ1) is 19.8. The Morgan fingerprint density at radius 1 is 1.11 bits per heavy atom. The highest BCUT2D eigenvalue weighted by Crippen LogP contribution is 2.18. The van der Waals surface area contributed by atoms with E-state index in [1.807, 2.05) is 25.2 Å². The van der Waals surface area contributed by atoms with Crippen molar-refractivity contribution in [3.05, 3.63) is 62.6 Å². The molecule has 1 N–H and O–H groups in total. The van der Waals surface area contributed by atoms with Crippen molar-refractivity contribution < 1.29 is 9.69 Å². The second-order valence-electron chi connectivity index (χ2n) is 7.36. The van der Waals surface area contributed by atoms with Gasteiger partial charge in [-0.25, -0.2) is 9.78 Å². The Hall–Kier alpha value is -3.00. The molecule has 0 saturated carbocycles. The highest BCUT2D eigenvalue weighted by Gasteiger charge is 2.25. The average molecular weight is 384 g/mol. The summed E-state index contributed by atoms with van der Waals surface area (Å²) < 4.78 is 4.10. The molecule has 0 saturated heterocycles. The van der Waals surface area contributed by atoms with E-state index in [0.717, 1.165) is 16.0 Å². The van der Waals surface area contributed by atoms with Crippen molar-refractivity contribution in [2.75, 3.05) is 7.05 Å². The standard InChI is InChI=1S/C20H25N5O3/c1-13(14(2)26)25-16(12-22(3)11-15-9-7-6-8-10-15)21-18-17(25)19(27)24(5)20(28)23(18)4/h6-10,13H,11-12H2,1-5H3/p+1/t13-/m0/s1. The first-order valence-corrected chi connectivity index (χ1v) is 9.24. The van der Waals surface area contributed by atoms with Gasteiger partial charge in [-0.1, -0.05) is 30.3 Å². The van der Waals surface area contributed by atoms with E-state index in [-0.39, 0.29) is 11.3 Å². The lowest BCUT2D eigenvalue weighted by atomic mass is 10.2. The smallest absolute Gasteiger partial charge is 0.327 e. The van der Waals surface area contributed by atoms with E-state index in [1.54, 1.807) is 18.5 Å². The third-order valence-electron chi connectivity index (χ3n) is 5.15. The molecule has 8 nitrogen and oxygen atoms in total. The largest absolute Gasteiger partial charge is 0.332 e. The van der Waals surface area contributed by atoms with Gasteiger partial charge in [-0.15, -0.1) is 0 Å². The fraction of sp³-hybridized carbons (Fsp3) is 0.400. The van der Waals surface area contributed by atoms with Gasteiger partial charge in [0.25, 0.3) is 5.56 Å². The average Bonchev–Trinajstić information content (AvgIpc) is 3.03. The molecule has 148 valence electrons. The van der Waals surface area contributed by atoms with Gasteiger partial charge in [-0.3, -0.25) is 18.7 Å². The number of Topliss-reactive ketones (excluding diaryl/α,β-unsaturated/α-hetero) is 1. The predicted octanol–water partition coefficient (Wildman–Crippen LogP) is -0.201. The molecule has 0 aliphatic rings. The highest BCUT2D eigenvalue weighted by atomic mass is 16.2. The van der Waals surface area contributed by atoms with E-state index >= 15 is 0 Å². The van der Waals surface area contributed by atoms with Crippen LogP contribution in [0.4, 0.5) is 0 Å². The van der Waals surface area contributed by atoms with Gasteiger partial charge < -0.3 is 9.47 Å².